The molecule has 7 heteroatoms. The fraction of sp³-hybridized carbons (Fsp3) is 0.400. The minimum absolute atomic E-state index is 0. The van der Waals surface area contributed by atoms with Crippen LogP contribution in [0.15, 0.2) is 21.5 Å². The molecule has 0 aromatic carbocycles. The van der Waals surface area contributed by atoms with Crippen LogP contribution in [0.25, 0.3) is 0 Å². The van der Waals surface area contributed by atoms with Crippen molar-refractivity contribution in [2.75, 3.05) is 13.1 Å². The molecule has 0 unspecified atom stereocenters. The highest BCUT2D eigenvalue weighted by Gasteiger charge is 2.08. The van der Waals surface area contributed by atoms with Crippen LogP contribution in [0.2, 0.25) is 0 Å². The van der Waals surface area contributed by atoms with Crippen molar-refractivity contribution in [2.24, 2.45) is 10.7 Å². The van der Waals surface area contributed by atoms with Gasteiger partial charge in [-0.25, -0.2) is 0 Å². The average molecular weight is 350 g/mol. The number of primary amides is 1. The van der Waals surface area contributed by atoms with Crippen molar-refractivity contribution < 1.29 is 9.21 Å². The molecule has 0 radical (unpaired) electrons. The van der Waals surface area contributed by atoms with Crippen molar-refractivity contribution in [3.63, 3.8) is 0 Å². The SMILES string of the molecule is I.NC(=O)c1ccc(CNC2=NCCCN2)o1. The van der Waals surface area contributed by atoms with E-state index in [1.807, 2.05) is 0 Å². The standard InChI is InChI=1S/C10H14N4O2.HI/c11-9(15)8-3-2-7(16-8)6-14-10-12-4-1-5-13-10;/h2-3H,1,4-6H2,(H2,11,15)(H2,12,13,14);1H. The number of nitrogens with one attached hydrogen (secondary N) is 2. The summed E-state index contributed by atoms with van der Waals surface area (Å²) in [5.74, 6) is 1.04. The Morgan fingerprint density at radius 3 is 3.00 bits per heavy atom. The second-order valence-electron chi connectivity index (χ2n) is 3.49. The number of halogens is 1. The Morgan fingerprint density at radius 2 is 2.41 bits per heavy atom. The monoisotopic (exact) mass is 350 g/mol. The topological polar surface area (TPSA) is 92.7 Å². The van der Waals surface area contributed by atoms with E-state index in [4.69, 9.17) is 10.2 Å². The largest absolute Gasteiger partial charge is 0.454 e. The minimum atomic E-state index is -0.556. The van der Waals surface area contributed by atoms with Crippen LogP contribution in [0.4, 0.5) is 0 Å². The van der Waals surface area contributed by atoms with Crippen LogP contribution in [0.3, 0.4) is 0 Å². The first kappa shape index (κ1) is 13.8. The van der Waals surface area contributed by atoms with Crippen molar-refractivity contribution in [3.05, 3.63) is 23.7 Å². The molecule has 4 N–H and O–H groups in total. The number of hydrogen-bond donors (Lipinski definition) is 3. The fourth-order valence-corrected chi connectivity index (χ4v) is 1.43. The van der Waals surface area contributed by atoms with Crippen LogP contribution in [0, 0.1) is 0 Å². The summed E-state index contributed by atoms with van der Waals surface area (Å²) in [6.45, 7) is 2.25. The number of carbonyl (C=O) groups is 1. The number of guanidine groups is 1. The molecule has 0 spiro atoms. The minimum Gasteiger partial charge on any atom is -0.454 e. The molecule has 0 bridgehead atoms. The number of hydrogen-bond acceptors (Lipinski definition) is 5. The van der Waals surface area contributed by atoms with Gasteiger partial charge in [0.2, 0.25) is 0 Å². The summed E-state index contributed by atoms with van der Waals surface area (Å²) in [5, 5.41) is 6.21. The lowest BCUT2D eigenvalue weighted by Gasteiger charge is -2.15. The summed E-state index contributed by atoms with van der Waals surface area (Å²) in [5.41, 5.74) is 5.08. The number of nitrogens with two attached hydrogens (primary N) is 1. The van der Waals surface area contributed by atoms with Gasteiger partial charge in [0.05, 0.1) is 6.54 Å². The van der Waals surface area contributed by atoms with Crippen LogP contribution < -0.4 is 16.4 Å². The van der Waals surface area contributed by atoms with E-state index in [1.54, 1.807) is 12.1 Å². The quantitative estimate of drug-likeness (QED) is 0.690. The lowest BCUT2D eigenvalue weighted by atomic mass is 10.4. The van der Waals surface area contributed by atoms with Gasteiger partial charge in [-0.3, -0.25) is 9.79 Å². The predicted octanol–water partition coefficient (Wildman–Crippen LogP) is 0.435. The number of amides is 1. The van der Waals surface area contributed by atoms with E-state index in [0.717, 1.165) is 25.5 Å². The zero-order valence-corrected chi connectivity index (χ0v) is 11.6. The number of furan rings is 1. The fourth-order valence-electron chi connectivity index (χ4n) is 1.43. The normalized spacial score (nSPS) is 14.2. The highest BCUT2D eigenvalue weighted by molar-refractivity contribution is 14.0. The first-order valence-electron chi connectivity index (χ1n) is 5.16. The van der Waals surface area contributed by atoms with E-state index < -0.39 is 5.91 Å². The summed E-state index contributed by atoms with van der Waals surface area (Å²) in [7, 11) is 0. The second-order valence-corrected chi connectivity index (χ2v) is 3.49. The molecule has 2 heterocycles. The Kier molecular flexibility index (Phi) is 5.26. The van der Waals surface area contributed by atoms with E-state index in [-0.39, 0.29) is 29.7 Å². The van der Waals surface area contributed by atoms with Crippen LogP contribution in [0.1, 0.15) is 22.7 Å². The Balaban J connectivity index is 0.00000144. The van der Waals surface area contributed by atoms with E-state index >= 15 is 0 Å². The summed E-state index contributed by atoms with van der Waals surface area (Å²) < 4.78 is 5.22. The van der Waals surface area contributed by atoms with Crippen molar-refractivity contribution >= 4 is 35.8 Å². The lowest BCUT2D eigenvalue weighted by Crippen LogP contribution is -2.40. The van der Waals surface area contributed by atoms with Gasteiger partial charge in [-0.15, -0.1) is 24.0 Å². The Labute approximate surface area is 116 Å². The molecule has 1 aliphatic rings. The smallest absolute Gasteiger partial charge is 0.284 e. The van der Waals surface area contributed by atoms with Crippen molar-refractivity contribution in [3.8, 4) is 0 Å². The van der Waals surface area contributed by atoms with E-state index in [9.17, 15) is 4.79 Å². The van der Waals surface area contributed by atoms with E-state index in [0.29, 0.717) is 12.3 Å². The molecule has 17 heavy (non-hydrogen) atoms. The molecule has 94 valence electrons. The first-order valence-corrected chi connectivity index (χ1v) is 5.16. The zero-order valence-electron chi connectivity index (χ0n) is 9.23. The summed E-state index contributed by atoms with van der Waals surface area (Å²) >= 11 is 0. The van der Waals surface area contributed by atoms with Gasteiger partial charge in [0.15, 0.2) is 11.7 Å². The summed E-state index contributed by atoms with van der Waals surface area (Å²) in [4.78, 5) is 15.0. The molecule has 1 aromatic heterocycles. The number of nitrogens with zero attached hydrogens (tertiary/aromatic N) is 1. The molecule has 1 aromatic rings. The maximum Gasteiger partial charge on any atom is 0.284 e. The van der Waals surface area contributed by atoms with Gasteiger partial charge in [0.25, 0.3) is 5.91 Å². The molecule has 0 fully saturated rings. The Bertz CT molecular complexity index is 416. The van der Waals surface area contributed by atoms with Gasteiger partial charge >= 0.3 is 0 Å². The summed E-state index contributed by atoms with van der Waals surface area (Å²) in [6.07, 6.45) is 1.05. The number of carbonyl (C=O) groups excluding carboxylic acids is 1. The predicted molar refractivity (Wildman–Crippen MR) is 74.4 cm³/mol. The first-order chi connectivity index (χ1) is 7.75. The van der Waals surface area contributed by atoms with Crippen molar-refractivity contribution in [2.45, 2.75) is 13.0 Å². The van der Waals surface area contributed by atoms with Gasteiger partial charge in [-0.2, -0.15) is 0 Å². The van der Waals surface area contributed by atoms with Gasteiger partial charge < -0.3 is 20.8 Å². The van der Waals surface area contributed by atoms with Crippen LogP contribution in [-0.2, 0) is 6.54 Å². The maximum absolute atomic E-state index is 10.8. The van der Waals surface area contributed by atoms with Crippen LogP contribution in [0.5, 0.6) is 0 Å². The zero-order chi connectivity index (χ0) is 11.4. The highest BCUT2D eigenvalue weighted by Crippen LogP contribution is 2.06. The maximum atomic E-state index is 10.8. The molecule has 6 nitrogen and oxygen atoms in total. The second kappa shape index (κ2) is 6.48. The Morgan fingerprint density at radius 1 is 1.59 bits per heavy atom. The highest BCUT2D eigenvalue weighted by atomic mass is 127. The Hall–Kier alpha value is -1.25. The van der Waals surface area contributed by atoms with Crippen molar-refractivity contribution in [1.82, 2.24) is 10.6 Å². The molecule has 0 aliphatic carbocycles. The third-order valence-corrected chi connectivity index (χ3v) is 2.23. The molecule has 0 atom stereocenters. The number of aliphatic imine (C=N–C) groups is 1. The molecular weight excluding hydrogens is 335 g/mol. The average Bonchev–Trinajstić information content (AvgIpc) is 2.76. The molecular formula is C10H15IN4O2. The molecule has 1 aliphatic heterocycles. The molecule has 0 saturated carbocycles. The third kappa shape index (κ3) is 3.91. The van der Waals surface area contributed by atoms with E-state index in [2.05, 4.69) is 15.6 Å². The number of rotatable bonds is 3. The van der Waals surface area contributed by atoms with Crippen LogP contribution >= 0.6 is 24.0 Å². The van der Waals surface area contributed by atoms with Gasteiger partial charge in [0, 0.05) is 13.1 Å². The van der Waals surface area contributed by atoms with Gasteiger partial charge in [0.1, 0.15) is 5.76 Å². The third-order valence-electron chi connectivity index (χ3n) is 2.23. The van der Waals surface area contributed by atoms with Crippen LogP contribution in [-0.4, -0.2) is 25.0 Å². The van der Waals surface area contributed by atoms with Gasteiger partial charge in [-0.1, -0.05) is 0 Å². The molecule has 1 amide bonds. The van der Waals surface area contributed by atoms with Gasteiger partial charge in [-0.05, 0) is 18.6 Å². The summed E-state index contributed by atoms with van der Waals surface area (Å²) in [6, 6.07) is 3.28. The van der Waals surface area contributed by atoms with E-state index in [1.165, 1.54) is 0 Å². The molecule has 0 saturated heterocycles. The lowest BCUT2D eigenvalue weighted by molar-refractivity contribution is 0.0972. The van der Waals surface area contributed by atoms with Crippen molar-refractivity contribution in [1.29, 1.82) is 0 Å². The molecule has 2 rings (SSSR count).